The Hall–Kier alpha value is -6.82. The average molecular weight is 959 g/mol. The normalized spacial score (nSPS) is 13.8. The van der Waals surface area contributed by atoms with Crippen LogP contribution in [0.1, 0.15) is 22.4 Å². The molecule has 0 saturated carbocycles. The maximum absolute atomic E-state index is 11.1. The van der Waals surface area contributed by atoms with Crippen LogP contribution in [0.25, 0.3) is 72.6 Å². The molecule has 60 heavy (non-hydrogen) atoms. The van der Waals surface area contributed by atoms with E-state index in [1.165, 1.54) is 16.7 Å². The van der Waals surface area contributed by atoms with Crippen LogP contribution in [-0.4, -0.2) is 24.6 Å². The number of nitrogens with zero attached hydrogens (tertiary/aromatic N) is 4. The number of aromatic nitrogens is 4. The fourth-order valence-electron chi connectivity index (χ4n) is 9.58. The molecule has 0 fully saturated rings. The fourth-order valence-corrected chi connectivity index (χ4v) is 9.58. The van der Waals surface area contributed by atoms with Crippen molar-refractivity contribution in [1.82, 2.24) is 19.5 Å². The quantitative estimate of drug-likeness (QED) is 0.167. The van der Waals surface area contributed by atoms with E-state index in [1.54, 1.807) is 6.07 Å². The van der Waals surface area contributed by atoms with Gasteiger partial charge in [-0.15, -0.1) is 18.2 Å². The second-order valence-electron chi connectivity index (χ2n) is 15.9. The molecule has 0 radical (unpaired) electrons. The minimum Gasteiger partial charge on any atom is -0.507 e. The number of benzene rings is 6. The molecule has 0 amide bonds. The Morgan fingerprint density at radius 3 is 2.22 bits per heavy atom. The van der Waals surface area contributed by atoms with Crippen LogP contribution >= 0.6 is 0 Å². The first-order chi connectivity index (χ1) is 29.1. The van der Waals surface area contributed by atoms with Gasteiger partial charge in [0.15, 0.2) is 5.75 Å². The maximum Gasteiger partial charge on any atom is 0.216 e. The molecule has 8 heteroatoms. The number of phenols is 1. The van der Waals surface area contributed by atoms with E-state index in [0.29, 0.717) is 45.5 Å². The van der Waals surface area contributed by atoms with E-state index in [0.717, 1.165) is 70.0 Å². The summed E-state index contributed by atoms with van der Waals surface area (Å²) in [4.78, 5) is 15.3. The van der Waals surface area contributed by atoms with Crippen molar-refractivity contribution >= 4 is 33.1 Å². The molecule has 4 heterocycles. The number of fused-ring (bicyclic) bond motifs is 6. The van der Waals surface area contributed by atoms with Gasteiger partial charge in [-0.2, -0.15) is 0 Å². The molecule has 0 unspecified atom stereocenters. The van der Waals surface area contributed by atoms with Crippen molar-refractivity contribution in [3.8, 4) is 56.8 Å². The number of rotatable bonds is 6. The van der Waals surface area contributed by atoms with Gasteiger partial charge in [0.25, 0.3) is 0 Å². The third kappa shape index (κ3) is 5.87. The van der Waals surface area contributed by atoms with Gasteiger partial charge in [-0.1, -0.05) is 114 Å². The van der Waals surface area contributed by atoms with Gasteiger partial charge in [-0.05, 0) is 102 Å². The van der Waals surface area contributed by atoms with Crippen molar-refractivity contribution in [2.45, 2.75) is 25.7 Å². The molecule has 12 rings (SSSR count). The van der Waals surface area contributed by atoms with Crippen molar-refractivity contribution < 1.29 is 35.3 Å². The molecular formula is C52H35N4O3Pt-. The van der Waals surface area contributed by atoms with E-state index in [1.807, 2.05) is 91.0 Å². The third-order valence-corrected chi connectivity index (χ3v) is 12.2. The summed E-state index contributed by atoms with van der Waals surface area (Å²) >= 11 is 0. The molecule has 6 aromatic carbocycles. The summed E-state index contributed by atoms with van der Waals surface area (Å²) < 4.78 is 15.3. The van der Waals surface area contributed by atoms with Crippen LogP contribution in [0.3, 0.4) is 0 Å². The molecule has 7 nitrogen and oxygen atoms in total. The minimum absolute atomic E-state index is 0. The van der Waals surface area contributed by atoms with Crippen LogP contribution in [0.2, 0.25) is 0 Å². The molecule has 0 aliphatic heterocycles. The minimum atomic E-state index is 0. The summed E-state index contributed by atoms with van der Waals surface area (Å²) in [6.45, 7) is 0. The largest absolute Gasteiger partial charge is 0.507 e. The van der Waals surface area contributed by atoms with Gasteiger partial charge in [0.2, 0.25) is 11.6 Å². The van der Waals surface area contributed by atoms with Gasteiger partial charge in [-0.3, -0.25) is 9.55 Å². The van der Waals surface area contributed by atoms with Crippen LogP contribution in [0.4, 0.5) is 0 Å². The van der Waals surface area contributed by atoms with E-state index < -0.39 is 0 Å². The van der Waals surface area contributed by atoms with Crippen LogP contribution in [0, 0.1) is 11.5 Å². The molecule has 2 aliphatic rings. The van der Waals surface area contributed by atoms with Gasteiger partial charge in [-0.25, -0.2) is 9.97 Å². The monoisotopic (exact) mass is 958 g/mol. The van der Waals surface area contributed by atoms with Gasteiger partial charge < -0.3 is 14.3 Å². The van der Waals surface area contributed by atoms with Crippen LogP contribution in [0.15, 0.2) is 162 Å². The van der Waals surface area contributed by atoms with Gasteiger partial charge in [0, 0.05) is 37.7 Å². The zero-order valence-electron chi connectivity index (χ0n) is 32.2. The Balaban J connectivity index is 0.00000408. The van der Waals surface area contributed by atoms with Crippen LogP contribution < -0.4 is 4.74 Å². The molecule has 0 saturated heterocycles. The first-order valence-corrected chi connectivity index (χ1v) is 20.0. The maximum atomic E-state index is 11.1. The number of hydrogen-bond acceptors (Lipinski definition) is 6. The van der Waals surface area contributed by atoms with Gasteiger partial charge >= 0.3 is 0 Å². The number of phenolic OH excluding ortho intramolecular Hbond substituents is 1. The number of furan rings is 1. The summed E-state index contributed by atoms with van der Waals surface area (Å²) in [7, 11) is 0. The SMILES string of the molecule is Oc1ccccc1-c1nc2c(Oc3cccc(-c4[c-]ccc5c4oc4nc6c(cc45)CC4(Cc5ccccc5C4)C6)n3)cccc2n1-c1ccccc1-c1ccccc1.[Pt]. The summed E-state index contributed by atoms with van der Waals surface area (Å²) in [5.41, 5.74) is 13.5. The van der Waals surface area contributed by atoms with E-state index in [2.05, 4.69) is 71.3 Å². The molecule has 1 N–H and O–H groups in total. The first kappa shape index (κ1) is 36.3. The van der Waals surface area contributed by atoms with E-state index in [-0.39, 0.29) is 32.2 Å². The zero-order valence-corrected chi connectivity index (χ0v) is 34.5. The van der Waals surface area contributed by atoms with Crippen molar-refractivity contribution in [1.29, 1.82) is 0 Å². The van der Waals surface area contributed by atoms with Crippen LogP contribution in [0.5, 0.6) is 17.4 Å². The summed E-state index contributed by atoms with van der Waals surface area (Å²) in [6.07, 6.45) is 4.18. The van der Waals surface area contributed by atoms with Crippen molar-refractivity contribution in [3.63, 3.8) is 0 Å². The smallest absolute Gasteiger partial charge is 0.216 e. The Kier molecular flexibility index (Phi) is 8.57. The summed E-state index contributed by atoms with van der Waals surface area (Å²) in [5, 5.41) is 13.1. The van der Waals surface area contributed by atoms with Gasteiger partial charge in [0.05, 0.1) is 22.4 Å². The summed E-state index contributed by atoms with van der Waals surface area (Å²) in [6, 6.07) is 56.0. The topological polar surface area (TPSA) is 86.2 Å². The Bertz CT molecular complexity index is 3270. The molecule has 2 aliphatic carbocycles. The predicted octanol–water partition coefficient (Wildman–Crippen LogP) is 11.9. The van der Waals surface area contributed by atoms with E-state index in [4.69, 9.17) is 24.1 Å². The predicted molar refractivity (Wildman–Crippen MR) is 231 cm³/mol. The number of imidazole rings is 1. The second-order valence-corrected chi connectivity index (χ2v) is 15.9. The number of aromatic hydroxyl groups is 1. The number of para-hydroxylation sites is 3. The van der Waals surface area contributed by atoms with Gasteiger partial charge in [0.1, 0.15) is 17.1 Å². The zero-order chi connectivity index (χ0) is 39.1. The molecule has 4 aromatic heterocycles. The number of hydrogen-bond donors (Lipinski definition) is 1. The molecule has 0 bridgehead atoms. The molecule has 0 atom stereocenters. The third-order valence-electron chi connectivity index (χ3n) is 12.2. The molecule has 1 spiro atoms. The van der Waals surface area contributed by atoms with E-state index >= 15 is 0 Å². The Morgan fingerprint density at radius 2 is 1.38 bits per heavy atom. The standard InChI is InChI=1S/C52H35N4O3.Pt/c57-45-24-9-7-18-39(45)50-55-48-44(56(50)43-22-8-6-17-36(43)32-13-2-1-3-14-32)23-12-25-46(48)58-47-26-11-21-41(53-47)38-20-10-19-37-40-27-35-30-52(28-33-15-4-5-16-34(33)29-52)31-42(35)54-51(40)59-49(37)38;/h1-19,21-27,57H,28-31H2;/q-1;. The average Bonchev–Trinajstić information content (AvgIpc) is 4.03. The number of pyridine rings is 2. The van der Waals surface area contributed by atoms with Crippen LogP contribution in [-0.2, 0) is 46.7 Å². The Labute approximate surface area is 360 Å². The molecule has 10 aromatic rings. The van der Waals surface area contributed by atoms with Crippen molar-refractivity contribution in [2.75, 3.05) is 0 Å². The Morgan fingerprint density at radius 1 is 0.650 bits per heavy atom. The first-order valence-electron chi connectivity index (χ1n) is 20.0. The van der Waals surface area contributed by atoms with Crippen molar-refractivity contribution in [3.05, 3.63) is 186 Å². The summed E-state index contributed by atoms with van der Waals surface area (Å²) in [5.74, 6) is 1.67. The second kappa shape index (κ2) is 14.2. The molecular weight excluding hydrogens is 924 g/mol. The molecule has 292 valence electrons. The van der Waals surface area contributed by atoms with E-state index in [9.17, 15) is 5.11 Å². The fraction of sp³-hybridized carbons (Fsp3) is 0.0962. The van der Waals surface area contributed by atoms with Crippen molar-refractivity contribution in [2.24, 2.45) is 5.41 Å². The number of ether oxygens (including phenoxy) is 1.